The first-order valence-electron chi connectivity index (χ1n) is 5.20. The zero-order valence-electron chi connectivity index (χ0n) is 10.2. The van der Waals surface area contributed by atoms with Crippen molar-refractivity contribution >= 4 is 47.8 Å². The fourth-order valence-corrected chi connectivity index (χ4v) is 2.81. The summed E-state index contributed by atoms with van der Waals surface area (Å²) in [5.41, 5.74) is 0.671. The first-order chi connectivity index (χ1) is 8.79. The van der Waals surface area contributed by atoms with E-state index in [0.717, 1.165) is 0 Å². The van der Waals surface area contributed by atoms with Gasteiger partial charge in [-0.05, 0) is 18.2 Å². The van der Waals surface area contributed by atoms with Crippen molar-refractivity contribution in [1.29, 1.82) is 0 Å². The summed E-state index contributed by atoms with van der Waals surface area (Å²) >= 11 is 10.1. The van der Waals surface area contributed by atoms with Gasteiger partial charge >= 0.3 is 0 Å². The van der Waals surface area contributed by atoms with E-state index in [1.165, 1.54) is 14.2 Å². The average Bonchev–Trinajstić information content (AvgIpc) is 2.33. The summed E-state index contributed by atoms with van der Waals surface area (Å²) < 4.78 is 9.61. The predicted molar refractivity (Wildman–Crippen MR) is 83.7 cm³/mol. The van der Waals surface area contributed by atoms with E-state index in [4.69, 9.17) is 9.47 Å². The largest absolute Gasteiger partial charge is 0.497 e. The Morgan fingerprint density at radius 2 is 1.95 bits per heavy atom. The van der Waals surface area contributed by atoms with Gasteiger partial charge in [-0.15, -0.1) is 0 Å². The number of nitro groups is 1. The van der Waals surface area contributed by atoms with Crippen LogP contribution >= 0.6 is 47.8 Å². The molecule has 0 aliphatic carbocycles. The van der Waals surface area contributed by atoms with E-state index >= 15 is 0 Å². The van der Waals surface area contributed by atoms with Crippen LogP contribution in [0.25, 0.3) is 0 Å². The molecule has 0 amide bonds. The van der Waals surface area contributed by atoms with Crippen LogP contribution in [0.3, 0.4) is 0 Å². The Kier molecular flexibility index (Phi) is 6.07. The van der Waals surface area contributed by atoms with Crippen LogP contribution in [0.2, 0.25) is 0 Å². The number of nitrogens with zero attached hydrogens (tertiary/aromatic N) is 1. The molecule has 0 aromatic heterocycles. The highest BCUT2D eigenvalue weighted by Crippen LogP contribution is 2.49. The quantitative estimate of drug-likeness (QED) is 0.379. The van der Waals surface area contributed by atoms with Gasteiger partial charge in [0.2, 0.25) is 6.54 Å². The number of benzene rings is 1. The van der Waals surface area contributed by atoms with Crippen molar-refractivity contribution in [1.82, 2.24) is 0 Å². The van der Waals surface area contributed by atoms with Gasteiger partial charge in [0, 0.05) is 10.5 Å². The summed E-state index contributed by atoms with van der Waals surface area (Å²) in [5.74, 6) is 0.684. The standard InChI is InChI=1S/C11H12Br3NO4/c1-18-7-3-4-10(19-2)8(5-7)9(6-15(16)17)11(12,13)14/h3-5,9H,6H2,1-2H3/t9-/m0/s1. The molecule has 1 rings (SSSR count). The Morgan fingerprint density at radius 1 is 1.32 bits per heavy atom. The predicted octanol–water partition coefficient (Wildman–Crippen LogP) is 3.90. The number of methoxy groups -OCH3 is 2. The highest BCUT2D eigenvalue weighted by Gasteiger charge is 2.38. The highest BCUT2D eigenvalue weighted by atomic mass is 80.0. The van der Waals surface area contributed by atoms with E-state index in [1.54, 1.807) is 18.2 Å². The molecule has 1 aromatic carbocycles. The number of ether oxygens (including phenoxy) is 2. The molecule has 0 N–H and O–H groups in total. The van der Waals surface area contributed by atoms with Crippen molar-refractivity contribution in [2.45, 2.75) is 8.06 Å². The van der Waals surface area contributed by atoms with Crippen molar-refractivity contribution in [2.24, 2.45) is 0 Å². The molecule has 0 heterocycles. The Hall–Kier alpha value is -0.340. The molecule has 0 saturated heterocycles. The topological polar surface area (TPSA) is 61.6 Å². The lowest BCUT2D eigenvalue weighted by Crippen LogP contribution is -2.24. The molecular formula is C11H12Br3NO4. The molecule has 0 radical (unpaired) electrons. The second-order valence-electron chi connectivity index (χ2n) is 3.72. The molecule has 106 valence electrons. The van der Waals surface area contributed by atoms with Gasteiger partial charge in [0.25, 0.3) is 0 Å². The lowest BCUT2D eigenvalue weighted by Gasteiger charge is -2.24. The zero-order chi connectivity index (χ0) is 14.6. The molecule has 5 nitrogen and oxygen atoms in total. The molecule has 0 spiro atoms. The van der Waals surface area contributed by atoms with Gasteiger partial charge in [0.1, 0.15) is 13.6 Å². The molecule has 1 atom stereocenters. The third-order valence-corrected chi connectivity index (χ3v) is 4.20. The highest BCUT2D eigenvalue weighted by molar-refractivity contribution is 9.39. The smallest absolute Gasteiger partial charge is 0.213 e. The van der Waals surface area contributed by atoms with Crippen LogP contribution in [-0.2, 0) is 0 Å². The Morgan fingerprint density at radius 3 is 2.37 bits per heavy atom. The third-order valence-electron chi connectivity index (χ3n) is 2.54. The summed E-state index contributed by atoms with van der Waals surface area (Å²) in [6.45, 7) is -0.273. The van der Waals surface area contributed by atoms with Gasteiger partial charge in [0.05, 0.1) is 20.1 Å². The van der Waals surface area contributed by atoms with Gasteiger partial charge in [-0.2, -0.15) is 0 Å². The Bertz CT molecular complexity index is 462. The van der Waals surface area contributed by atoms with Gasteiger partial charge in [0.15, 0.2) is 0 Å². The van der Waals surface area contributed by atoms with Crippen molar-refractivity contribution in [3.05, 3.63) is 33.9 Å². The maximum atomic E-state index is 10.9. The van der Waals surface area contributed by atoms with Gasteiger partial charge < -0.3 is 9.47 Å². The summed E-state index contributed by atoms with van der Waals surface area (Å²) in [4.78, 5) is 10.5. The minimum atomic E-state index is -0.806. The Labute approximate surface area is 136 Å². The monoisotopic (exact) mass is 459 g/mol. The molecule has 0 fully saturated rings. The molecule has 0 saturated carbocycles. The lowest BCUT2D eigenvalue weighted by molar-refractivity contribution is -0.483. The van der Waals surface area contributed by atoms with Crippen LogP contribution < -0.4 is 9.47 Å². The third kappa shape index (κ3) is 4.61. The Balaban J connectivity index is 3.30. The fourth-order valence-electron chi connectivity index (χ4n) is 1.64. The fraction of sp³-hybridized carbons (Fsp3) is 0.455. The van der Waals surface area contributed by atoms with Gasteiger partial charge in [-0.25, -0.2) is 0 Å². The summed E-state index contributed by atoms with van der Waals surface area (Å²) in [6, 6.07) is 5.19. The summed E-state index contributed by atoms with van der Waals surface area (Å²) in [5, 5.41) is 10.9. The summed E-state index contributed by atoms with van der Waals surface area (Å²) in [6.07, 6.45) is 0. The van der Waals surface area contributed by atoms with Gasteiger partial charge in [-0.3, -0.25) is 10.1 Å². The minimum absolute atomic E-state index is 0.273. The van der Waals surface area contributed by atoms with Crippen LogP contribution in [0.5, 0.6) is 11.5 Å². The van der Waals surface area contributed by atoms with Crippen molar-refractivity contribution < 1.29 is 14.4 Å². The van der Waals surface area contributed by atoms with Crippen molar-refractivity contribution in [2.75, 3.05) is 20.8 Å². The number of alkyl halides is 3. The van der Waals surface area contributed by atoms with Crippen LogP contribution in [0.4, 0.5) is 0 Å². The zero-order valence-corrected chi connectivity index (χ0v) is 15.0. The molecule has 0 unspecified atom stereocenters. The van der Waals surface area contributed by atoms with Crippen molar-refractivity contribution in [3.8, 4) is 11.5 Å². The molecule has 0 aliphatic heterocycles. The van der Waals surface area contributed by atoms with E-state index in [-0.39, 0.29) is 11.5 Å². The van der Waals surface area contributed by atoms with E-state index in [0.29, 0.717) is 17.1 Å². The molecule has 1 aromatic rings. The lowest BCUT2D eigenvalue weighted by atomic mass is 9.99. The number of rotatable bonds is 5. The van der Waals surface area contributed by atoms with Crippen LogP contribution in [0.15, 0.2) is 18.2 Å². The SMILES string of the molecule is COc1ccc(OC)c([C@H](C[N+](=O)[O-])C(Br)(Br)Br)c1. The van der Waals surface area contributed by atoms with Crippen LogP contribution in [0.1, 0.15) is 11.5 Å². The molecule has 19 heavy (non-hydrogen) atoms. The van der Waals surface area contributed by atoms with E-state index in [2.05, 4.69) is 47.8 Å². The maximum Gasteiger partial charge on any atom is 0.213 e. The first-order valence-corrected chi connectivity index (χ1v) is 7.58. The number of hydrogen-bond donors (Lipinski definition) is 0. The second-order valence-corrected chi connectivity index (χ2v) is 10.7. The average molecular weight is 462 g/mol. The van der Waals surface area contributed by atoms with E-state index in [9.17, 15) is 10.1 Å². The molecule has 8 heteroatoms. The maximum absolute atomic E-state index is 10.9. The van der Waals surface area contributed by atoms with Crippen LogP contribution in [-0.4, -0.2) is 27.8 Å². The molecule has 0 aliphatic rings. The number of halogens is 3. The summed E-state index contributed by atoms with van der Waals surface area (Å²) in [7, 11) is 3.06. The minimum Gasteiger partial charge on any atom is -0.497 e. The molecule has 0 bridgehead atoms. The first kappa shape index (κ1) is 16.7. The van der Waals surface area contributed by atoms with Gasteiger partial charge in [-0.1, -0.05) is 47.8 Å². The van der Waals surface area contributed by atoms with Crippen molar-refractivity contribution in [3.63, 3.8) is 0 Å². The van der Waals surface area contributed by atoms with Crippen LogP contribution in [0, 0.1) is 10.1 Å². The van der Waals surface area contributed by atoms with E-state index < -0.39 is 8.06 Å². The molecular weight excluding hydrogens is 450 g/mol. The van der Waals surface area contributed by atoms with E-state index in [1.807, 2.05) is 0 Å². The normalized spacial score (nSPS) is 12.9. The second kappa shape index (κ2) is 6.90. The number of hydrogen-bond acceptors (Lipinski definition) is 4.